The molecule has 0 unspecified atom stereocenters. The number of fused-ring (bicyclic) bond motifs is 2. The van der Waals surface area contributed by atoms with Crippen LogP contribution in [0.25, 0.3) is 21.9 Å². The van der Waals surface area contributed by atoms with Gasteiger partial charge >= 0.3 is 0 Å². The highest BCUT2D eigenvalue weighted by atomic mass is 16.6. The molecule has 0 bridgehead atoms. The van der Waals surface area contributed by atoms with Gasteiger partial charge in [-0.15, -0.1) is 0 Å². The van der Waals surface area contributed by atoms with Crippen LogP contribution in [-0.4, -0.2) is 48.2 Å². The highest BCUT2D eigenvalue weighted by Crippen LogP contribution is 2.33. The first-order chi connectivity index (χ1) is 15.3. The Morgan fingerprint density at radius 1 is 1.09 bits per heavy atom. The molecule has 9 heteroatoms. The van der Waals surface area contributed by atoms with Gasteiger partial charge in [0.15, 0.2) is 5.79 Å². The largest absolute Gasteiger partial charge is 0.490 e. The van der Waals surface area contributed by atoms with E-state index >= 15 is 0 Å². The van der Waals surface area contributed by atoms with Crippen LogP contribution in [0.5, 0.6) is 5.75 Å². The molecule has 0 saturated carbocycles. The van der Waals surface area contributed by atoms with Crippen LogP contribution in [0, 0.1) is 0 Å². The molecular weight excluding hydrogens is 410 g/mol. The minimum atomic E-state index is -1.50. The molecule has 1 fully saturated rings. The zero-order valence-electron chi connectivity index (χ0n) is 18.0. The topological polar surface area (TPSA) is 129 Å². The monoisotopic (exact) mass is 437 g/mol. The lowest BCUT2D eigenvalue weighted by molar-refractivity contribution is -0.127. The molecule has 4 N–H and O–H groups in total. The van der Waals surface area contributed by atoms with E-state index < -0.39 is 5.79 Å². The molecule has 0 aliphatic carbocycles. The first kappa shape index (κ1) is 21.9. The number of nitrogens with two attached hydrogens (primary N) is 1. The standard InChI is InChI=1S/C20H19N5O2.C3H8O2/c21-19-15-8-10-25(20(15)24-12-23-19)18-7-6-13(27-18)11-26-17-5-1-4-16-14(17)3-2-9-22-16;1-3(2,4)5/h1-5,8-10,12-13,18H,6-7,11H2,(H2,21,23,24);4-5H,1-2H3/t13-,18+;/m0./s1. The number of benzene rings is 1. The summed E-state index contributed by atoms with van der Waals surface area (Å²) in [5.41, 5.74) is 7.65. The Morgan fingerprint density at radius 3 is 2.72 bits per heavy atom. The Kier molecular flexibility index (Phi) is 6.22. The Hall–Kier alpha value is -3.27. The number of aromatic nitrogens is 4. The van der Waals surface area contributed by atoms with E-state index in [9.17, 15) is 0 Å². The van der Waals surface area contributed by atoms with Crippen LogP contribution in [0.2, 0.25) is 0 Å². The maximum atomic E-state index is 8.08. The van der Waals surface area contributed by atoms with Gasteiger partial charge in [0, 0.05) is 17.8 Å². The van der Waals surface area contributed by atoms with Gasteiger partial charge in [-0.05, 0) is 57.0 Å². The molecule has 1 aliphatic heterocycles. The van der Waals surface area contributed by atoms with Crippen molar-refractivity contribution in [2.24, 2.45) is 0 Å². The van der Waals surface area contributed by atoms with Crippen molar-refractivity contribution in [1.29, 1.82) is 0 Å². The summed E-state index contributed by atoms with van der Waals surface area (Å²) in [6.07, 6.45) is 7.01. The van der Waals surface area contributed by atoms with Crippen molar-refractivity contribution >= 4 is 27.8 Å². The fourth-order valence-electron chi connectivity index (χ4n) is 3.62. The van der Waals surface area contributed by atoms with E-state index in [0.29, 0.717) is 12.4 Å². The van der Waals surface area contributed by atoms with Gasteiger partial charge in [0.05, 0.1) is 17.0 Å². The third-order valence-electron chi connectivity index (χ3n) is 4.97. The minimum Gasteiger partial charge on any atom is -0.490 e. The number of aliphatic hydroxyl groups is 2. The first-order valence-corrected chi connectivity index (χ1v) is 10.4. The average molecular weight is 438 g/mol. The van der Waals surface area contributed by atoms with Crippen LogP contribution in [-0.2, 0) is 4.74 Å². The molecule has 1 saturated heterocycles. The molecule has 32 heavy (non-hydrogen) atoms. The number of hydrogen-bond donors (Lipinski definition) is 3. The maximum absolute atomic E-state index is 8.08. The highest BCUT2D eigenvalue weighted by Gasteiger charge is 2.28. The lowest BCUT2D eigenvalue weighted by atomic mass is 10.2. The van der Waals surface area contributed by atoms with Crippen LogP contribution in [0.4, 0.5) is 5.82 Å². The molecule has 4 heterocycles. The number of pyridine rings is 1. The van der Waals surface area contributed by atoms with E-state index in [1.54, 1.807) is 6.20 Å². The Labute approximate surface area is 185 Å². The van der Waals surface area contributed by atoms with Crippen LogP contribution < -0.4 is 10.5 Å². The second-order valence-corrected chi connectivity index (χ2v) is 8.14. The summed E-state index contributed by atoms with van der Waals surface area (Å²) in [5, 5.41) is 18.0. The Bertz CT molecular complexity index is 1190. The number of nitrogen functional groups attached to an aromatic ring is 1. The number of hydrogen-bond acceptors (Lipinski definition) is 8. The summed E-state index contributed by atoms with van der Waals surface area (Å²) in [6, 6.07) is 11.8. The molecule has 0 radical (unpaired) electrons. The third kappa shape index (κ3) is 5.13. The summed E-state index contributed by atoms with van der Waals surface area (Å²) >= 11 is 0. The van der Waals surface area contributed by atoms with Gasteiger partial charge in [-0.3, -0.25) is 4.98 Å². The molecule has 1 aliphatic rings. The van der Waals surface area contributed by atoms with Crippen LogP contribution in [0.15, 0.2) is 55.1 Å². The van der Waals surface area contributed by atoms with E-state index in [-0.39, 0.29) is 12.3 Å². The van der Waals surface area contributed by atoms with Crippen molar-refractivity contribution in [3.8, 4) is 5.75 Å². The molecule has 1 aromatic carbocycles. The molecule has 9 nitrogen and oxygen atoms in total. The van der Waals surface area contributed by atoms with Gasteiger partial charge in [0.2, 0.25) is 0 Å². The first-order valence-electron chi connectivity index (χ1n) is 10.4. The highest BCUT2D eigenvalue weighted by molar-refractivity contribution is 5.86. The fraction of sp³-hybridized carbons (Fsp3) is 0.348. The van der Waals surface area contributed by atoms with Gasteiger partial charge in [-0.2, -0.15) is 0 Å². The van der Waals surface area contributed by atoms with Gasteiger partial charge in [0.25, 0.3) is 0 Å². The van der Waals surface area contributed by atoms with Gasteiger partial charge < -0.3 is 30.0 Å². The Morgan fingerprint density at radius 2 is 1.91 bits per heavy atom. The normalized spacial score (nSPS) is 18.5. The van der Waals surface area contributed by atoms with Gasteiger partial charge in [-0.25, -0.2) is 9.97 Å². The van der Waals surface area contributed by atoms with E-state index in [2.05, 4.69) is 15.0 Å². The quantitative estimate of drug-likeness (QED) is 0.416. The van der Waals surface area contributed by atoms with Crippen molar-refractivity contribution in [3.05, 3.63) is 55.1 Å². The van der Waals surface area contributed by atoms with E-state index in [1.807, 2.05) is 47.2 Å². The SMILES string of the molecule is CC(C)(O)O.Nc1ncnc2c1ccn2[C@H]1CC[C@@H](COc2cccc3ncccc23)O1. The molecule has 0 amide bonds. The summed E-state index contributed by atoms with van der Waals surface area (Å²) < 4.78 is 14.3. The van der Waals surface area contributed by atoms with Crippen LogP contribution in [0.3, 0.4) is 0 Å². The molecule has 3 aromatic heterocycles. The molecule has 0 spiro atoms. The minimum absolute atomic E-state index is 0.0264. The Balaban J connectivity index is 0.000000444. The number of nitrogens with zero attached hydrogens (tertiary/aromatic N) is 4. The molecule has 2 atom stereocenters. The van der Waals surface area contributed by atoms with Crippen molar-refractivity contribution in [1.82, 2.24) is 19.5 Å². The second kappa shape index (κ2) is 9.07. The van der Waals surface area contributed by atoms with Gasteiger partial charge in [-0.1, -0.05) is 6.07 Å². The molecule has 5 rings (SSSR count). The summed E-state index contributed by atoms with van der Waals surface area (Å²) in [7, 11) is 0. The predicted molar refractivity (Wildman–Crippen MR) is 121 cm³/mol. The number of rotatable bonds is 4. The number of ether oxygens (including phenoxy) is 2. The lowest BCUT2D eigenvalue weighted by Gasteiger charge is -2.17. The third-order valence-corrected chi connectivity index (χ3v) is 4.97. The summed E-state index contributed by atoms with van der Waals surface area (Å²) in [6.45, 7) is 3.10. The smallest absolute Gasteiger partial charge is 0.156 e. The maximum Gasteiger partial charge on any atom is 0.156 e. The summed E-state index contributed by atoms with van der Waals surface area (Å²) in [4.78, 5) is 12.8. The molecular formula is C23H27N5O4. The predicted octanol–water partition coefficient (Wildman–Crippen LogP) is 3.03. The van der Waals surface area contributed by atoms with Crippen LogP contribution >= 0.6 is 0 Å². The van der Waals surface area contributed by atoms with Crippen molar-refractivity contribution < 1.29 is 19.7 Å². The van der Waals surface area contributed by atoms with E-state index in [4.69, 9.17) is 25.4 Å². The van der Waals surface area contributed by atoms with Crippen molar-refractivity contribution in [2.75, 3.05) is 12.3 Å². The van der Waals surface area contributed by atoms with Crippen molar-refractivity contribution in [2.45, 2.75) is 44.8 Å². The fourth-order valence-corrected chi connectivity index (χ4v) is 3.62. The van der Waals surface area contributed by atoms with E-state index in [1.165, 1.54) is 20.2 Å². The van der Waals surface area contributed by atoms with Gasteiger partial charge in [0.1, 0.15) is 36.4 Å². The second-order valence-electron chi connectivity index (χ2n) is 8.14. The molecule has 168 valence electrons. The zero-order valence-corrected chi connectivity index (χ0v) is 18.0. The molecule has 4 aromatic rings. The van der Waals surface area contributed by atoms with Crippen LogP contribution in [0.1, 0.15) is 32.9 Å². The van der Waals surface area contributed by atoms with Crippen molar-refractivity contribution in [3.63, 3.8) is 0 Å². The lowest BCUT2D eigenvalue weighted by Crippen LogP contribution is -2.18. The summed E-state index contributed by atoms with van der Waals surface area (Å²) in [5.74, 6) is -0.180. The average Bonchev–Trinajstić information content (AvgIpc) is 3.38. The van der Waals surface area contributed by atoms with E-state index in [0.717, 1.165) is 40.5 Å². The zero-order chi connectivity index (χ0) is 22.7. The number of anilines is 1.